The molecule has 1 N–H and O–H groups in total. The Kier molecular flexibility index (Phi) is 7.17. The van der Waals surface area contributed by atoms with Crippen molar-refractivity contribution in [3.05, 3.63) is 71.3 Å². The summed E-state index contributed by atoms with van der Waals surface area (Å²) in [6.45, 7) is 3.28. The van der Waals surface area contributed by atoms with Crippen LogP contribution < -0.4 is 5.32 Å². The number of Topliss-reactive ketones (excluding diaryl/α,β-unsaturated/α-hetero) is 1. The van der Waals surface area contributed by atoms with E-state index >= 15 is 0 Å². The summed E-state index contributed by atoms with van der Waals surface area (Å²) in [5.74, 6) is 0.0191. The maximum atomic E-state index is 12.4. The van der Waals surface area contributed by atoms with Crippen LogP contribution in [0.4, 0.5) is 0 Å². The summed E-state index contributed by atoms with van der Waals surface area (Å²) in [6.07, 6.45) is 2.32. The fourth-order valence-corrected chi connectivity index (χ4v) is 3.57. The summed E-state index contributed by atoms with van der Waals surface area (Å²) in [5.41, 5.74) is 2.77. The first-order valence-electron chi connectivity index (χ1n) is 10.2. The second-order valence-electron chi connectivity index (χ2n) is 7.67. The topological polar surface area (TPSA) is 66.5 Å². The van der Waals surface area contributed by atoms with Crippen LogP contribution >= 0.6 is 0 Å². The molecule has 5 heteroatoms. The molecule has 2 amide bonds. The van der Waals surface area contributed by atoms with Crippen molar-refractivity contribution in [2.45, 2.75) is 45.1 Å². The van der Waals surface area contributed by atoms with Gasteiger partial charge in [-0.2, -0.15) is 0 Å². The summed E-state index contributed by atoms with van der Waals surface area (Å²) < 4.78 is 0. The lowest BCUT2D eigenvalue weighted by atomic mass is 10.0. The Balaban J connectivity index is 1.37. The van der Waals surface area contributed by atoms with Crippen molar-refractivity contribution < 1.29 is 14.4 Å². The molecule has 29 heavy (non-hydrogen) atoms. The number of piperidine rings is 1. The minimum atomic E-state index is -0.0977. The highest BCUT2D eigenvalue weighted by molar-refractivity contribution is 5.98. The quantitative estimate of drug-likeness (QED) is 0.735. The lowest BCUT2D eigenvalue weighted by Gasteiger charge is -2.32. The van der Waals surface area contributed by atoms with Gasteiger partial charge in [-0.15, -0.1) is 0 Å². The Hall–Kier alpha value is -2.95. The fraction of sp³-hybridized carbons (Fsp3) is 0.375. The van der Waals surface area contributed by atoms with Crippen LogP contribution in [0, 0.1) is 6.92 Å². The van der Waals surface area contributed by atoms with Gasteiger partial charge < -0.3 is 10.2 Å². The van der Waals surface area contributed by atoms with E-state index in [0.29, 0.717) is 25.1 Å². The lowest BCUT2D eigenvalue weighted by molar-refractivity contribution is -0.131. The molecule has 0 aliphatic carbocycles. The number of rotatable bonds is 7. The summed E-state index contributed by atoms with van der Waals surface area (Å²) in [5, 5.41) is 3.01. The minimum Gasteiger partial charge on any atom is -0.353 e. The Morgan fingerprint density at radius 3 is 2.24 bits per heavy atom. The second kappa shape index (κ2) is 10.0. The van der Waals surface area contributed by atoms with Crippen molar-refractivity contribution in [1.82, 2.24) is 10.2 Å². The van der Waals surface area contributed by atoms with E-state index in [2.05, 4.69) is 5.32 Å². The molecule has 2 aromatic carbocycles. The number of likely N-dealkylation sites (tertiary alicyclic amines) is 1. The number of hydrogen-bond acceptors (Lipinski definition) is 3. The predicted molar refractivity (Wildman–Crippen MR) is 113 cm³/mol. The Bertz CT molecular complexity index is 838. The summed E-state index contributed by atoms with van der Waals surface area (Å²) >= 11 is 0. The van der Waals surface area contributed by atoms with Gasteiger partial charge in [0.2, 0.25) is 11.8 Å². The van der Waals surface area contributed by atoms with Gasteiger partial charge in [-0.25, -0.2) is 0 Å². The van der Waals surface area contributed by atoms with Crippen LogP contribution in [0.15, 0.2) is 54.6 Å². The lowest BCUT2D eigenvalue weighted by Crippen LogP contribution is -2.47. The highest BCUT2D eigenvalue weighted by Gasteiger charge is 2.24. The smallest absolute Gasteiger partial charge is 0.226 e. The number of aryl methyl sites for hydroxylation is 1. The molecule has 0 atom stereocenters. The van der Waals surface area contributed by atoms with Crippen molar-refractivity contribution in [3.63, 3.8) is 0 Å². The van der Waals surface area contributed by atoms with E-state index in [1.807, 2.05) is 54.3 Å². The van der Waals surface area contributed by atoms with Crippen molar-refractivity contribution in [2.75, 3.05) is 13.1 Å². The molecule has 1 saturated heterocycles. The van der Waals surface area contributed by atoms with Gasteiger partial charge in [0.1, 0.15) is 0 Å². The van der Waals surface area contributed by atoms with Crippen molar-refractivity contribution >= 4 is 17.6 Å². The zero-order valence-corrected chi connectivity index (χ0v) is 16.9. The average Bonchev–Trinajstić information content (AvgIpc) is 2.74. The molecule has 1 fully saturated rings. The molecule has 0 spiro atoms. The summed E-state index contributed by atoms with van der Waals surface area (Å²) in [6, 6.07) is 17.2. The molecular formula is C24H28N2O3. The Labute approximate surface area is 172 Å². The zero-order chi connectivity index (χ0) is 20.6. The van der Waals surface area contributed by atoms with Gasteiger partial charge in [0.25, 0.3) is 0 Å². The molecule has 0 unspecified atom stereocenters. The molecule has 0 aromatic heterocycles. The number of carbonyl (C=O) groups is 3. The zero-order valence-electron chi connectivity index (χ0n) is 16.9. The standard InChI is InChI=1S/C24H28N2O3/c1-18-7-9-20(10-8-18)22(27)11-12-23(28)25-21-13-15-26(16-14-21)24(29)17-19-5-3-2-4-6-19/h2-10,21H,11-17H2,1H3,(H,25,28). The highest BCUT2D eigenvalue weighted by atomic mass is 16.2. The van der Waals surface area contributed by atoms with Crippen LogP contribution in [0.3, 0.4) is 0 Å². The van der Waals surface area contributed by atoms with E-state index in [0.717, 1.165) is 24.0 Å². The molecule has 3 rings (SSSR count). The number of nitrogens with zero attached hydrogens (tertiary/aromatic N) is 1. The van der Waals surface area contributed by atoms with Gasteiger partial charge in [0, 0.05) is 37.5 Å². The molecule has 0 radical (unpaired) electrons. The largest absolute Gasteiger partial charge is 0.353 e. The number of nitrogens with one attached hydrogen (secondary N) is 1. The van der Waals surface area contributed by atoms with Crippen molar-refractivity contribution in [2.24, 2.45) is 0 Å². The van der Waals surface area contributed by atoms with E-state index in [1.54, 1.807) is 12.1 Å². The van der Waals surface area contributed by atoms with Gasteiger partial charge in [-0.1, -0.05) is 60.2 Å². The van der Waals surface area contributed by atoms with Crippen LogP contribution in [0.5, 0.6) is 0 Å². The molecule has 0 bridgehead atoms. The van der Waals surface area contributed by atoms with Gasteiger partial charge >= 0.3 is 0 Å². The van der Waals surface area contributed by atoms with Gasteiger partial charge in [0.05, 0.1) is 6.42 Å². The number of benzene rings is 2. The minimum absolute atomic E-state index is 0.0125. The second-order valence-corrected chi connectivity index (χ2v) is 7.67. The Morgan fingerprint density at radius 2 is 1.59 bits per heavy atom. The third-order valence-corrected chi connectivity index (χ3v) is 5.36. The number of ketones is 1. The van der Waals surface area contributed by atoms with Gasteiger partial charge in [-0.05, 0) is 25.3 Å². The summed E-state index contributed by atoms with van der Waals surface area (Å²) in [4.78, 5) is 38.7. The first-order valence-corrected chi connectivity index (χ1v) is 10.2. The third-order valence-electron chi connectivity index (χ3n) is 5.36. The molecule has 1 heterocycles. The maximum absolute atomic E-state index is 12.4. The maximum Gasteiger partial charge on any atom is 0.226 e. The van der Waals surface area contributed by atoms with E-state index in [4.69, 9.17) is 0 Å². The number of hydrogen-bond donors (Lipinski definition) is 1. The van der Waals surface area contributed by atoms with Crippen LogP contribution in [0.2, 0.25) is 0 Å². The van der Waals surface area contributed by atoms with Crippen LogP contribution in [0.1, 0.15) is 47.2 Å². The molecule has 1 aliphatic rings. The molecule has 2 aromatic rings. The van der Waals surface area contributed by atoms with E-state index in [1.165, 1.54) is 0 Å². The summed E-state index contributed by atoms with van der Waals surface area (Å²) in [7, 11) is 0. The monoisotopic (exact) mass is 392 g/mol. The molecular weight excluding hydrogens is 364 g/mol. The van der Waals surface area contributed by atoms with E-state index in [9.17, 15) is 14.4 Å². The first-order chi connectivity index (χ1) is 14.0. The normalized spacial score (nSPS) is 14.4. The molecule has 152 valence electrons. The number of carbonyl (C=O) groups excluding carboxylic acids is 3. The van der Waals surface area contributed by atoms with E-state index < -0.39 is 0 Å². The van der Waals surface area contributed by atoms with Crippen molar-refractivity contribution in [3.8, 4) is 0 Å². The molecule has 5 nitrogen and oxygen atoms in total. The molecule has 1 aliphatic heterocycles. The predicted octanol–water partition coefficient (Wildman–Crippen LogP) is 3.31. The highest BCUT2D eigenvalue weighted by Crippen LogP contribution is 2.13. The first kappa shape index (κ1) is 20.8. The third kappa shape index (κ3) is 6.28. The fourth-order valence-electron chi connectivity index (χ4n) is 3.57. The van der Waals surface area contributed by atoms with Crippen LogP contribution in [0.25, 0.3) is 0 Å². The van der Waals surface area contributed by atoms with Crippen molar-refractivity contribution in [1.29, 1.82) is 0 Å². The van der Waals surface area contributed by atoms with E-state index in [-0.39, 0.29) is 36.5 Å². The number of amides is 2. The Morgan fingerprint density at radius 1 is 0.931 bits per heavy atom. The molecule has 0 saturated carbocycles. The van der Waals surface area contributed by atoms with Gasteiger partial charge in [0.15, 0.2) is 5.78 Å². The SMILES string of the molecule is Cc1ccc(C(=O)CCC(=O)NC2CCN(C(=O)Cc3ccccc3)CC2)cc1. The average molecular weight is 392 g/mol. The van der Waals surface area contributed by atoms with Crippen LogP contribution in [-0.2, 0) is 16.0 Å². The van der Waals surface area contributed by atoms with Crippen LogP contribution in [-0.4, -0.2) is 41.6 Å². The van der Waals surface area contributed by atoms with Gasteiger partial charge in [-0.3, -0.25) is 14.4 Å².